The molecule has 1 aromatic rings. The largest absolute Gasteiger partial charge is 0.322 e. The monoisotopic (exact) mass is 360 g/mol. The number of piperidine rings is 1. The predicted molar refractivity (Wildman–Crippen MR) is 83.2 cm³/mol. The molecule has 1 atom stereocenters. The molecule has 0 aromatic heterocycles. The van der Waals surface area contributed by atoms with Crippen LogP contribution in [0.1, 0.15) is 34.3 Å². The van der Waals surface area contributed by atoms with Gasteiger partial charge in [0.2, 0.25) is 11.8 Å². The highest BCUT2D eigenvalue weighted by molar-refractivity contribution is 9.09. The van der Waals surface area contributed by atoms with E-state index < -0.39 is 11.9 Å². The van der Waals surface area contributed by atoms with Crippen LogP contribution in [0, 0.1) is 11.8 Å². The number of rotatable bonds is 1. The number of halogens is 1. The zero-order chi connectivity index (χ0) is 15.7. The first-order valence-corrected chi connectivity index (χ1v) is 8.05. The molecule has 22 heavy (non-hydrogen) atoms. The lowest BCUT2D eigenvalue weighted by atomic mass is 10.0. The van der Waals surface area contributed by atoms with Gasteiger partial charge in [-0.15, -0.1) is 0 Å². The van der Waals surface area contributed by atoms with E-state index in [0.717, 1.165) is 11.1 Å². The van der Waals surface area contributed by atoms with Gasteiger partial charge in [0, 0.05) is 24.1 Å². The lowest BCUT2D eigenvalue weighted by Gasteiger charge is -2.29. The zero-order valence-corrected chi connectivity index (χ0v) is 13.3. The lowest BCUT2D eigenvalue weighted by molar-refractivity contribution is -0.136. The first kappa shape index (κ1) is 14.8. The van der Waals surface area contributed by atoms with Crippen LogP contribution in [0.2, 0.25) is 0 Å². The van der Waals surface area contributed by atoms with Crippen LogP contribution in [0.4, 0.5) is 0 Å². The third-order valence-corrected chi connectivity index (χ3v) is 4.15. The summed E-state index contributed by atoms with van der Waals surface area (Å²) in [6.07, 6.45) is 0.625. The highest BCUT2D eigenvalue weighted by Crippen LogP contribution is 2.29. The molecule has 1 fully saturated rings. The van der Waals surface area contributed by atoms with Crippen molar-refractivity contribution in [1.82, 2.24) is 10.2 Å². The van der Waals surface area contributed by atoms with E-state index in [-0.39, 0.29) is 18.2 Å². The molecule has 0 bridgehead atoms. The van der Waals surface area contributed by atoms with Crippen molar-refractivity contribution in [3.8, 4) is 11.8 Å². The molecule has 0 saturated carbocycles. The van der Waals surface area contributed by atoms with Crippen molar-refractivity contribution in [3.63, 3.8) is 0 Å². The topological polar surface area (TPSA) is 66.5 Å². The molecule has 0 radical (unpaired) electrons. The summed E-state index contributed by atoms with van der Waals surface area (Å²) in [5.41, 5.74) is 2.25. The molecule has 1 aromatic carbocycles. The summed E-state index contributed by atoms with van der Waals surface area (Å²) in [6, 6.07) is 4.83. The van der Waals surface area contributed by atoms with Crippen molar-refractivity contribution in [3.05, 3.63) is 34.9 Å². The van der Waals surface area contributed by atoms with Crippen molar-refractivity contribution >= 4 is 33.7 Å². The third-order valence-electron chi connectivity index (χ3n) is 3.87. The van der Waals surface area contributed by atoms with E-state index >= 15 is 0 Å². The standard InChI is InChI=1S/C16H13BrN2O3/c17-8-2-4-10-3-1-5-11-12(10)9-19(16(11)22)13-6-7-14(20)18-15(13)21/h1,3,5,13H,6-9H2,(H,18,20,21). The molecule has 0 aliphatic carbocycles. The molecule has 6 heteroatoms. The Hall–Kier alpha value is -2.13. The molecule has 3 rings (SSSR count). The molecule has 2 aliphatic rings. The Bertz CT molecular complexity index is 733. The minimum Gasteiger partial charge on any atom is -0.322 e. The number of carbonyl (C=O) groups excluding carboxylic acids is 3. The fraction of sp³-hybridized carbons (Fsp3) is 0.312. The maximum Gasteiger partial charge on any atom is 0.255 e. The van der Waals surface area contributed by atoms with Crippen LogP contribution in [0.25, 0.3) is 0 Å². The fourth-order valence-electron chi connectivity index (χ4n) is 2.83. The Morgan fingerprint density at radius 1 is 1.32 bits per heavy atom. The maximum atomic E-state index is 12.6. The zero-order valence-electron chi connectivity index (χ0n) is 11.7. The average Bonchev–Trinajstić information content (AvgIpc) is 2.83. The van der Waals surface area contributed by atoms with Gasteiger partial charge < -0.3 is 4.90 Å². The lowest BCUT2D eigenvalue weighted by Crippen LogP contribution is -2.52. The van der Waals surface area contributed by atoms with Crippen LogP contribution in [0.3, 0.4) is 0 Å². The van der Waals surface area contributed by atoms with Gasteiger partial charge in [0.15, 0.2) is 0 Å². The van der Waals surface area contributed by atoms with Crippen LogP contribution in [0.15, 0.2) is 18.2 Å². The first-order valence-electron chi connectivity index (χ1n) is 6.93. The Morgan fingerprint density at radius 2 is 2.14 bits per heavy atom. The second-order valence-corrected chi connectivity index (χ2v) is 5.73. The summed E-state index contributed by atoms with van der Waals surface area (Å²) in [4.78, 5) is 37.3. The smallest absolute Gasteiger partial charge is 0.255 e. The maximum absolute atomic E-state index is 12.6. The number of imide groups is 1. The van der Waals surface area contributed by atoms with Gasteiger partial charge in [-0.05, 0) is 24.1 Å². The van der Waals surface area contributed by atoms with Crippen LogP contribution in [-0.4, -0.2) is 34.0 Å². The average molecular weight is 361 g/mol. The molecule has 2 heterocycles. The number of alkyl halides is 1. The van der Waals surface area contributed by atoms with Gasteiger partial charge >= 0.3 is 0 Å². The Kier molecular flexibility index (Phi) is 3.99. The minimum atomic E-state index is -0.588. The van der Waals surface area contributed by atoms with Crippen molar-refractivity contribution in [2.75, 3.05) is 5.33 Å². The van der Waals surface area contributed by atoms with Crippen LogP contribution in [-0.2, 0) is 16.1 Å². The second kappa shape index (κ2) is 5.93. The molecule has 1 saturated heterocycles. The molecule has 3 amide bonds. The van der Waals surface area contributed by atoms with Gasteiger partial charge in [-0.25, -0.2) is 0 Å². The third kappa shape index (κ3) is 2.53. The number of nitrogens with zero attached hydrogens (tertiary/aromatic N) is 1. The second-order valence-electron chi connectivity index (χ2n) is 5.17. The summed E-state index contributed by atoms with van der Waals surface area (Å²) in [5.74, 6) is 5.10. The normalized spacial score (nSPS) is 20.3. The predicted octanol–water partition coefficient (Wildman–Crippen LogP) is 1.19. The first-order chi connectivity index (χ1) is 10.6. The van der Waals surface area contributed by atoms with E-state index in [4.69, 9.17) is 0 Å². The van der Waals surface area contributed by atoms with Crippen LogP contribution < -0.4 is 5.32 Å². The van der Waals surface area contributed by atoms with E-state index in [2.05, 4.69) is 33.1 Å². The number of carbonyl (C=O) groups is 3. The molecule has 0 spiro atoms. The van der Waals surface area contributed by atoms with Crippen molar-refractivity contribution < 1.29 is 14.4 Å². The van der Waals surface area contributed by atoms with Crippen molar-refractivity contribution in [2.24, 2.45) is 0 Å². The molecule has 1 N–H and O–H groups in total. The van der Waals surface area contributed by atoms with Gasteiger partial charge in [-0.3, -0.25) is 19.7 Å². The summed E-state index contributed by atoms with van der Waals surface area (Å²) >= 11 is 3.25. The Morgan fingerprint density at radius 3 is 2.86 bits per heavy atom. The van der Waals surface area contributed by atoms with Crippen molar-refractivity contribution in [1.29, 1.82) is 0 Å². The van der Waals surface area contributed by atoms with E-state index in [1.165, 1.54) is 4.90 Å². The summed E-state index contributed by atoms with van der Waals surface area (Å²) in [6.45, 7) is 0.355. The Labute approximate surface area is 136 Å². The number of amides is 3. The highest BCUT2D eigenvalue weighted by Gasteiger charge is 2.39. The number of nitrogens with one attached hydrogen (secondary N) is 1. The van der Waals surface area contributed by atoms with Gasteiger partial charge in [0.05, 0.1) is 5.33 Å². The van der Waals surface area contributed by atoms with Crippen LogP contribution in [0.5, 0.6) is 0 Å². The molecular weight excluding hydrogens is 348 g/mol. The summed E-state index contributed by atoms with van der Waals surface area (Å²) in [7, 11) is 0. The molecule has 112 valence electrons. The summed E-state index contributed by atoms with van der Waals surface area (Å²) < 4.78 is 0. The molecule has 1 unspecified atom stereocenters. The number of benzene rings is 1. The highest BCUT2D eigenvalue weighted by atomic mass is 79.9. The SMILES string of the molecule is O=C1CCC(N2Cc3c(C#CCBr)cccc3C2=O)C(=O)N1. The molecule has 2 aliphatic heterocycles. The number of hydrogen-bond acceptors (Lipinski definition) is 3. The summed E-state index contributed by atoms with van der Waals surface area (Å²) in [5, 5.41) is 2.85. The van der Waals surface area contributed by atoms with Crippen molar-refractivity contribution in [2.45, 2.75) is 25.4 Å². The van der Waals surface area contributed by atoms with Gasteiger partial charge in [-0.1, -0.05) is 33.8 Å². The Balaban J connectivity index is 1.91. The van der Waals surface area contributed by atoms with E-state index in [9.17, 15) is 14.4 Å². The van der Waals surface area contributed by atoms with Gasteiger partial charge in [0.25, 0.3) is 5.91 Å². The van der Waals surface area contributed by atoms with Crippen LogP contribution >= 0.6 is 15.9 Å². The quantitative estimate of drug-likeness (QED) is 0.464. The molecular formula is C16H13BrN2O3. The minimum absolute atomic E-state index is 0.174. The van der Waals surface area contributed by atoms with E-state index in [0.29, 0.717) is 23.9 Å². The van der Waals surface area contributed by atoms with E-state index in [1.807, 2.05) is 6.07 Å². The van der Waals surface area contributed by atoms with Gasteiger partial charge in [0.1, 0.15) is 6.04 Å². The fourth-order valence-corrected chi connectivity index (χ4v) is 2.97. The number of hydrogen-bond donors (Lipinski definition) is 1. The van der Waals surface area contributed by atoms with E-state index in [1.54, 1.807) is 12.1 Å². The van der Waals surface area contributed by atoms with Gasteiger partial charge in [-0.2, -0.15) is 0 Å². The number of fused-ring (bicyclic) bond motifs is 1. The molecule has 5 nitrogen and oxygen atoms in total.